The lowest BCUT2D eigenvalue weighted by Gasteiger charge is -2.24. The standard InChI is InChI=1S/C13H17N3O2/c17-13(18)6-4-10-3-5-12(15-8-10)16-11-2-1-7-14-9-11/h3-6,8,11,14H,1-2,7,9H2,(H,15,16)(H,17,18)/t11-/m1/s1. The van der Waals surface area contributed by atoms with Gasteiger partial charge in [0.2, 0.25) is 0 Å². The van der Waals surface area contributed by atoms with E-state index in [1.807, 2.05) is 12.1 Å². The number of hydrogen-bond donors (Lipinski definition) is 3. The van der Waals surface area contributed by atoms with Gasteiger partial charge in [-0.3, -0.25) is 0 Å². The summed E-state index contributed by atoms with van der Waals surface area (Å²) < 4.78 is 0. The Morgan fingerprint density at radius 2 is 2.44 bits per heavy atom. The van der Waals surface area contributed by atoms with Crippen molar-refractivity contribution >= 4 is 17.9 Å². The monoisotopic (exact) mass is 247 g/mol. The molecule has 5 nitrogen and oxygen atoms in total. The highest BCUT2D eigenvalue weighted by Gasteiger charge is 2.12. The molecule has 96 valence electrons. The number of nitrogens with one attached hydrogen (secondary N) is 2. The Morgan fingerprint density at radius 1 is 1.56 bits per heavy atom. The highest BCUT2D eigenvalue weighted by molar-refractivity contribution is 5.85. The second kappa shape index (κ2) is 6.16. The number of aliphatic carboxylic acids is 1. The molecule has 3 N–H and O–H groups in total. The molecule has 0 saturated carbocycles. The first-order valence-electron chi connectivity index (χ1n) is 6.08. The van der Waals surface area contributed by atoms with Crippen LogP contribution in [-0.4, -0.2) is 35.2 Å². The highest BCUT2D eigenvalue weighted by atomic mass is 16.4. The number of rotatable bonds is 4. The van der Waals surface area contributed by atoms with Crippen LogP contribution >= 0.6 is 0 Å². The molecule has 1 aromatic heterocycles. The Balaban J connectivity index is 1.92. The number of carbonyl (C=O) groups is 1. The second-order valence-electron chi connectivity index (χ2n) is 4.34. The SMILES string of the molecule is O=C(O)C=Cc1ccc(N[C@@H]2CCCNC2)nc1. The van der Waals surface area contributed by atoms with Gasteiger partial charge in [-0.15, -0.1) is 0 Å². The predicted octanol–water partition coefficient (Wildman–Crippen LogP) is 1.34. The smallest absolute Gasteiger partial charge is 0.328 e. The quantitative estimate of drug-likeness (QED) is 0.700. The third kappa shape index (κ3) is 3.85. The Kier molecular flexibility index (Phi) is 4.30. The zero-order valence-corrected chi connectivity index (χ0v) is 10.1. The summed E-state index contributed by atoms with van der Waals surface area (Å²) in [6.45, 7) is 2.05. The van der Waals surface area contributed by atoms with Gasteiger partial charge >= 0.3 is 5.97 Å². The Morgan fingerprint density at radius 3 is 3.06 bits per heavy atom. The summed E-state index contributed by atoms with van der Waals surface area (Å²) in [5.41, 5.74) is 0.782. The molecule has 0 unspecified atom stereocenters. The maximum atomic E-state index is 10.4. The Bertz CT molecular complexity index is 422. The number of hydrogen-bond acceptors (Lipinski definition) is 4. The van der Waals surface area contributed by atoms with Crippen molar-refractivity contribution in [3.63, 3.8) is 0 Å². The molecule has 2 rings (SSSR count). The van der Waals surface area contributed by atoms with E-state index in [4.69, 9.17) is 5.11 Å². The number of piperidine rings is 1. The molecule has 1 atom stereocenters. The Labute approximate surface area is 106 Å². The topological polar surface area (TPSA) is 74.2 Å². The van der Waals surface area contributed by atoms with E-state index >= 15 is 0 Å². The fourth-order valence-corrected chi connectivity index (χ4v) is 1.94. The molecule has 1 saturated heterocycles. The van der Waals surface area contributed by atoms with Crippen LogP contribution in [0.3, 0.4) is 0 Å². The first-order valence-corrected chi connectivity index (χ1v) is 6.08. The Hall–Kier alpha value is -1.88. The molecule has 1 aliphatic rings. The van der Waals surface area contributed by atoms with E-state index in [1.165, 1.54) is 12.5 Å². The number of carboxylic acids is 1. The van der Waals surface area contributed by atoms with Gasteiger partial charge in [0, 0.05) is 24.9 Å². The van der Waals surface area contributed by atoms with Gasteiger partial charge < -0.3 is 15.7 Å². The van der Waals surface area contributed by atoms with Crippen molar-refractivity contribution in [2.45, 2.75) is 18.9 Å². The number of nitrogens with zero attached hydrogens (tertiary/aromatic N) is 1. The zero-order chi connectivity index (χ0) is 12.8. The molecular weight excluding hydrogens is 230 g/mol. The van der Waals surface area contributed by atoms with Crippen molar-refractivity contribution < 1.29 is 9.90 Å². The first-order chi connectivity index (χ1) is 8.74. The van der Waals surface area contributed by atoms with E-state index in [9.17, 15) is 4.79 Å². The van der Waals surface area contributed by atoms with Crippen molar-refractivity contribution in [2.75, 3.05) is 18.4 Å². The third-order valence-electron chi connectivity index (χ3n) is 2.85. The summed E-state index contributed by atoms with van der Waals surface area (Å²) in [4.78, 5) is 14.6. The third-order valence-corrected chi connectivity index (χ3v) is 2.85. The summed E-state index contributed by atoms with van der Waals surface area (Å²) in [6.07, 6.45) is 6.63. The first kappa shape index (κ1) is 12.6. The van der Waals surface area contributed by atoms with E-state index in [1.54, 1.807) is 6.20 Å². The van der Waals surface area contributed by atoms with E-state index in [2.05, 4.69) is 15.6 Å². The summed E-state index contributed by atoms with van der Waals surface area (Å²) in [5, 5.41) is 15.2. The van der Waals surface area contributed by atoms with Crippen LogP contribution in [0.25, 0.3) is 6.08 Å². The van der Waals surface area contributed by atoms with Crippen molar-refractivity contribution in [3.05, 3.63) is 30.0 Å². The van der Waals surface area contributed by atoms with E-state index in [0.29, 0.717) is 6.04 Å². The van der Waals surface area contributed by atoms with Gasteiger partial charge in [0.25, 0.3) is 0 Å². The van der Waals surface area contributed by atoms with Gasteiger partial charge in [-0.05, 0) is 43.2 Å². The van der Waals surface area contributed by atoms with Gasteiger partial charge in [-0.2, -0.15) is 0 Å². The van der Waals surface area contributed by atoms with Crippen LogP contribution in [0, 0.1) is 0 Å². The highest BCUT2D eigenvalue weighted by Crippen LogP contribution is 2.11. The molecule has 5 heteroatoms. The molecule has 0 bridgehead atoms. The number of pyridine rings is 1. The summed E-state index contributed by atoms with van der Waals surface area (Å²) in [6, 6.07) is 4.15. The maximum absolute atomic E-state index is 10.4. The fourth-order valence-electron chi connectivity index (χ4n) is 1.94. The molecule has 0 aliphatic carbocycles. The van der Waals surface area contributed by atoms with Crippen LogP contribution in [0.1, 0.15) is 18.4 Å². The van der Waals surface area contributed by atoms with Crippen LogP contribution in [0.2, 0.25) is 0 Å². The lowest BCUT2D eigenvalue weighted by Crippen LogP contribution is -2.38. The van der Waals surface area contributed by atoms with Crippen LogP contribution in [-0.2, 0) is 4.79 Å². The minimum Gasteiger partial charge on any atom is -0.478 e. The summed E-state index contributed by atoms with van der Waals surface area (Å²) in [7, 11) is 0. The van der Waals surface area contributed by atoms with Gasteiger partial charge in [0.1, 0.15) is 5.82 Å². The predicted molar refractivity (Wildman–Crippen MR) is 70.4 cm³/mol. The number of aromatic nitrogens is 1. The fraction of sp³-hybridized carbons (Fsp3) is 0.385. The average molecular weight is 247 g/mol. The van der Waals surface area contributed by atoms with E-state index in [0.717, 1.165) is 37.0 Å². The van der Waals surface area contributed by atoms with Crippen LogP contribution in [0.15, 0.2) is 24.4 Å². The molecule has 1 aliphatic heterocycles. The van der Waals surface area contributed by atoms with Crippen LogP contribution in [0.4, 0.5) is 5.82 Å². The normalized spacial score (nSPS) is 19.9. The van der Waals surface area contributed by atoms with E-state index < -0.39 is 5.97 Å². The van der Waals surface area contributed by atoms with Gasteiger partial charge in [-0.25, -0.2) is 9.78 Å². The molecule has 0 radical (unpaired) electrons. The number of anilines is 1. The molecule has 0 amide bonds. The van der Waals surface area contributed by atoms with Crippen molar-refractivity contribution in [2.24, 2.45) is 0 Å². The summed E-state index contributed by atoms with van der Waals surface area (Å²) in [5.74, 6) is -0.123. The molecule has 0 aromatic carbocycles. The molecule has 1 aromatic rings. The van der Waals surface area contributed by atoms with Gasteiger partial charge in [0.05, 0.1) is 0 Å². The van der Waals surface area contributed by atoms with Crippen LogP contribution < -0.4 is 10.6 Å². The second-order valence-corrected chi connectivity index (χ2v) is 4.34. The lowest BCUT2D eigenvalue weighted by molar-refractivity contribution is -0.131. The molecule has 2 heterocycles. The average Bonchev–Trinajstić information content (AvgIpc) is 2.39. The van der Waals surface area contributed by atoms with E-state index in [-0.39, 0.29) is 0 Å². The molecule has 18 heavy (non-hydrogen) atoms. The van der Waals surface area contributed by atoms with Crippen molar-refractivity contribution in [1.82, 2.24) is 10.3 Å². The minimum absolute atomic E-state index is 0.423. The lowest BCUT2D eigenvalue weighted by atomic mass is 10.1. The maximum Gasteiger partial charge on any atom is 0.328 e. The van der Waals surface area contributed by atoms with Gasteiger partial charge in [0.15, 0.2) is 0 Å². The van der Waals surface area contributed by atoms with Crippen molar-refractivity contribution in [1.29, 1.82) is 0 Å². The van der Waals surface area contributed by atoms with Gasteiger partial charge in [-0.1, -0.05) is 0 Å². The molecule has 0 spiro atoms. The summed E-state index contributed by atoms with van der Waals surface area (Å²) >= 11 is 0. The largest absolute Gasteiger partial charge is 0.478 e. The van der Waals surface area contributed by atoms with Crippen LogP contribution in [0.5, 0.6) is 0 Å². The number of carboxylic acid groups (broad SMARTS) is 1. The minimum atomic E-state index is -0.953. The zero-order valence-electron chi connectivity index (χ0n) is 10.1. The molecule has 1 fully saturated rings. The molecular formula is C13H17N3O2. The van der Waals surface area contributed by atoms with Crippen molar-refractivity contribution in [3.8, 4) is 0 Å².